The van der Waals surface area contributed by atoms with E-state index in [1.807, 2.05) is 12.3 Å². The van der Waals surface area contributed by atoms with Crippen molar-refractivity contribution in [1.29, 1.82) is 10.5 Å². The number of fused-ring (bicyclic) bond motifs is 6. The molecule has 0 saturated carbocycles. The van der Waals surface area contributed by atoms with Gasteiger partial charge < -0.3 is 5.32 Å². The topological polar surface area (TPSA) is 72.0 Å². The van der Waals surface area contributed by atoms with Gasteiger partial charge in [0, 0.05) is 11.1 Å². The zero-order chi connectivity index (χ0) is 30.9. The van der Waals surface area contributed by atoms with E-state index in [1.165, 1.54) is 0 Å². The number of hydrogen-bond donors (Lipinski definition) is 1. The molecule has 0 bridgehead atoms. The van der Waals surface area contributed by atoms with Crippen LogP contribution in [0.15, 0.2) is 77.8 Å². The molecule has 0 heterocycles. The van der Waals surface area contributed by atoms with Crippen LogP contribution in [0.2, 0.25) is 0 Å². The van der Waals surface area contributed by atoms with Gasteiger partial charge in [-0.1, -0.05) is 24.3 Å². The van der Waals surface area contributed by atoms with E-state index in [4.69, 9.17) is 0 Å². The van der Waals surface area contributed by atoms with Gasteiger partial charge in [0.15, 0.2) is 41.1 Å². The molecule has 0 radical (unpaired) electrons. The first-order valence-corrected chi connectivity index (χ1v) is 13.1. The average Bonchev–Trinajstić information content (AvgIpc) is 3.48. The standard InChI is InChI=1S/C34H14F6N4/c35-27-7-17(8-28(36)31(27)39)15-1-3-19-21-11-22-20-4-2-16(18-9-29(37)32(40)30(38)10-18)6-24(20)34(44-14-42)26(22)12-25(21)33(43-13-41)23(19)5-15/h1-12,33,43H/b44-34+. The molecule has 0 fully saturated rings. The predicted molar refractivity (Wildman–Crippen MR) is 150 cm³/mol. The molecule has 1 atom stereocenters. The summed E-state index contributed by atoms with van der Waals surface area (Å²) < 4.78 is 83.1. The number of aliphatic imine (C=N–C) groups is 1. The Balaban J connectivity index is 1.38. The second kappa shape index (κ2) is 9.85. The summed E-state index contributed by atoms with van der Waals surface area (Å²) in [6, 6.07) is 16.6. The van der Waals surface area contributed by atoms with E-state index < -0.39 is 40.9 Å². The van der Waals surface area contributed by atoms with Gasteiger partial charge in [-0.2, -0.15) is 15.5 Å². The van der Waals surface area contributed by atoms with Crippen LogP contribution in [-0.2, 0) is 0 Å². The van der Waals surface area contributed by atoms with Crippen LogP contribution in [0.5, 0.6) is 0 Å². The summed E-state index contributed by atoms with van der Waals surface area (Å²) in [7, 11) is 0. The van der Waals surface area contributed by atoms with Gasteiger partial charge in [0.1, 0.15) is 0 Å². The average molecular weight is 593 g/mol. The molecule has 0 amide bonds. The highest BCUT2D eigenvalue weighted by atomic mass is 19.2. The molecule has 0 saturated heterocycles. The predicted octanol–water partition coefficient (Wildman–Crippen LogP) is 8.29. The first-order valence-electron chi connectivity index (χ1n) is 13.1. The summed E-state index contributed by atoms with van der Waals surface area (Å²) in [4.78, 5) is 4.04. The van der Waals surface area contributed by atoms with Crippen LogP contribution >= 0.6 is 0 Å². The lowest BCUT2D eigenvalue weighted by Crippen LogP contribution is -2.15. The van der Waals surface area contributed by atoms with Crippen LogP contribution in [0.4, 0.5) is 26.3 Å². The van der Waals surface area contributed by atoms with Crippen molar-refractivity contribution in [2.75, 3.05) is 0 Å². The Labute approximate surface area is 245 Å². The highest BCUT2D eigenvalue weighted by Crippen LogP contribution is 2.50. The number of nitriles is 2. The van der Waals surface area contributed by atoms with Gasteiger partial charge in [-0.05, 0) is 104 Å². The molecule has 5 aromatic carbocycles. The molecule has 44 heavy (non-hydrogen) atoms. The number of hydrogen-bond acceptors (Lipinski definition) is 4. The van der Waals surface area contributed by atoms with E-state index >= 15 is 0 Å². The lowest BCUT2D eigenvalue weighted by atomic mass is 9.96. The number of nitrogens with zero attached hydrogens (tertiary/aromatic N) is 3. The van der Waals surface area contributed by atoms with Crippen molar-refractivity contribution in [3.05, 3.63) is 130 Å². The van der Waals surface area contributed by atoms with Crippen LogP contribution in [0.25, 0.3) is 44.5 Å². The highest BCUT2D eigenvalue weighted by Gasteiger charge is 2.34. The SMILES string of the molecule is N#C/N=C1\c2cc(-c3cc(F)c(F)c(F)c3)ccc2-c2cc3c(cc21)C(NC#N)c1cc(-c2cc(F)c(F)c(F)c2)ccc1-3. The Morgan fingerprint density at radius 3 is 1.61 bits per heavy atom. The molecule has 4 nitrogen and oxygen atoms in total. The minimum absolute atomic E-state index is 0.0999. The molecule has 1 N–H and O–H groups in total. The molecule has 2 aliphatic rings. The lowest BCUT2D eigenvalue weighted by molar-refractivity contribution is 0.447. The van der Waals surface area contributed by atoms with E-state index in [9.17, 15) is 36.9 Å². The normalized spacial score (nSPS) is 14.8. The van der Waals surface area contributed by atoms with E-state index in [0.717, 1.165) is 35.4 Å². The molecule has 7 rings (SSSR count). The van der Waals surface area contributed by atoms with Crippen LogP contribution in [-0.4, -0.2) is 5.71 Å². The zero-order valence-electron chi connectivity index (χ0n) is 22.1. The van der Waals surface area contributed by atoms with Gasteiger partial charge in [0.05, 0.1) is 11.8 Å². The second-order valence-corrected chi connectivity index (χ2v) is 10.3. The third-order valence-electron chi connectivity index (χ3n) is 7.98. The van der Waals surface area contributed by atoms with Gasteiger partial charge in [-0.25, -0.2) is 26.3 Å². The molecular weight excluding hydrogens is 578 g/mol. The zero-order valence-corrected chi connectivity index (χ0v) is 22.1. The summed E-state index contributed by atoms with van der Waals surface area (Å²) in [6.45, 7) is 0. The molecule has 0 spiro atoms. The van der Waals surface area contributed by atoms with Gasteiger partial charge in [-0.3, -0.25) is 0 Å². The van der Waals surface area contributed by atoms with E-state index in [2.05, 4.69) is 10.3 Å². The van der Waals surface area contributed by atoms with Crippen LogP contribution in [0.3, 0.4) is 0 Å². The van der Waals surface area contributed by atoms with Gasteiger partial charge in [0.25, 0.3) is 0 Å². The fraction of sp³-hybridized carbons (Fsp3) is 0.0294. The van der Waals surface area contributed by atoms with Gasteiger partial charge in [0.2, 0.25) is 6.19 Å². The summed E-state index contributed by atoms with van der Waals surface area (Å²) in [5.41, 5.74) is 6.62. The second-order valence-electron chi connectivity index (χ2n) is 10.3. The largest absolute Gasteiger partial charge is 0.312 e. The van der Waals surface area contributed by atoms with Crippen LogP contribution < -0.4 is 5.32 Å². The number of nitrogens with one attached hydrogen (secondary N) is 1. The lowest BCUT2D eigenvalue weighted by Gasteiger charge is -2.13. The Morgan fingerprint density at radius 1 is 0.523 bits per heavy atom. The smallest absolute Gasteiger partial charge is 0.206 e. The molecule has 5 aromatic rings. The molecule has 10 heteroatoms. The van der Waals surface area contributed by atoms with Crippen molar-refractivity contribution in [3.8, 4) is 56.9 Å². The molecule has 1 unspecified atom stereocenters. The number of rotatable bonds is 3. The van der Waals surface area contributed by atoms with Crippen molar-refractivity contribution in [2.45, 2.75) is 6.04 Å². The summed E-state index contributed by atoms with van der Waals surface area (Å²) in [5, 5.41) is 21.9. The third-order valence-corrected chi connectivity index (χ3v) is 7.98. The molecule has 2 aliphatic carbocycles. The Kier molecular flexibility index (Phi) is 6.05. The van der Waals surface area contributed by atoms with Crippen LogP contribution in [0, 0.1) is 57.8 Å². The minimum atomic E-state index is -1.58. The summed E-state index contributed by atoms with van der Waals surface area (Å²) in [6.07, 6.45) is 3.74. The fourth-order valence-corrected chi connectivity index (χ4v) is 6.04. The van der Waals surface area contributed by atoms with Crippen molar-refractivity contribution in [3.63, 3.8) is 0 Å². The van der Waals surface area contributed by atoms with Crippen LogP contribution in [0.1, 0.15) is 28.3 Å². The maximum atomic E-state index is 14.0. The van der Waals surface area contributed by atoms with Crippen molar-refractivity contribution < 1.29 is 26.3 Å². The molecule has 0 aliphatic heterocycles. The van der Waals surface area contributed by atoms with Gasteiger partial charge >= 0.3 is 0 Å². The first kappa shape index (κ1) is 27.0. The van der Waals surface area contributed by atoms with Crippen molar-refractivity contribution in [1.82, 2.24) is 5.32 Å². The summed E-state index contributed by atoms with van der Waals surface area (Å²) >= 11 is 0. The molecule has 0 aromatic heterocycles. The maximum Gasteiger partial charge on any atom is 0.206 e. The minimum Gasteiger partial charge on any atom is -0.312 e. The number of halogens is 6. The Morgan fingerprint density at radius 2 is 1.05 bits per heavy atom. The monoisotopic (exact) mass is 592 g/mol. The summed E-state index contributed by atoms with van der Waals surface area (Å²) in [5.74, 6) is -8.47. The fourth-order valence-electron chi connectivity index (χ4n) is 6.04. The first-order chi connectivity index (χ1) is 21.2. The molecule has 212 valence electrons. The molecular formula is C34H14F6N4. The van der Waals surface area contributed by atoms with E-state index in [0.29, 0.717) is 50.2 Å². The highest BCUT2D eigenvalue weighted by molar-refractivity contribution is 6.25. The maximum absolute atomic E-state index is 14.0. The quantitative estimate of drug-likeness (QED) is 0.0973. The number of benzene rings is 5. The van der Waals surface area contributed by atoms with Crippen molar-refractivity contribution in [2.24, 2.45) is 4.99 Å². The van der Waals surface area contributed by atoms with E-state index in [-0.39, 0.29) is 11.1 Å². The van der Waals surface area contributed by atoms with Crippen molar-refractivity contribution >= 4 is 5.71 Å². The Bertz CT molecular complexity index is 2160. The third kappa shape index (κ3) is 3.96. The van der Waals surface area contributed by atoms with Gasteiger partial charge in [-0.15, -0.1) is 0 Å². The van der Waals surface area contributed by atoms with E-state index in [1.54, 1.807) is 48.7 Å². The Hall–Kier alpha value is -5.87.